The van der Waals surface area contributed by atoms with Crippen molar-refractivity contribution in [1.82, 2.24) is 10.0 Å². The lowest BCUT2D eigenvalue weighted by atomic mass is 10.3. The average molecular weight is 264 g/mol. The molecule has 4 N–H and O–H groups in total. The molecule has 0 spiro atoms. The Bertz CT molecular complexity index is 515. The number of sulfonamides is 1. The zero-order valence-electron chi connectivity index (χ0n) is 8.32. The molecule has 0 saturated heterocycles. The van der Waals surface area contributed by atoms with Gasteiger partial charge in [0.15, 0.2) is 0 Å². The number of hydrogen-bond acceptors (Lipinski definition) is 4. The summed E-state index contributed by atoms with van der Waals surface area (Å²) in [6.45, 7) is 0. The van der Waals surface area contributed by atoms with Gasteiger partial charge in [-0.25, -0.2) is 17.9 Å². The molecule has 0 fully saturated rings. The van der Waals surface area contributed by atoms with Gasteiger partial charge in [0.05, 0.1) is 15.6 Å². The van der Waals surface area contributed by atoms with Gasteiger partial charge in [0, 0.05) is 7.05 Å². The Morgan fingerprint density at radius 1 is 1.44 bits per heavy atom. The Balaban J connectivity index is 3.08. The number of anilines is 1. The molecule has 0 saturated carbocycles. The summed E-state index contributed by atoms with van der Waals surface area (Å²) in [7, 11) is -2.60. The maximum atomic E-state index is 11.6. The van der Waals surface area contributed by atoms with Crippen molar-refractivity contribution in [2.75, 3.05) is 12.8 Å². The summed E-state index contributed by atoms with van der Waals surface area (Å²) >= 11 is 5.64. The molecule has 0 aliphatic carbocycles. The number of nitrogens with one attached hydrogen (secondary N) is 2. The third-order valence-electron chi connectivity index (χ3n) is 1.73. The largest absolute Gasteiger partial charge is 0.397 e. The fourth-order valence-electron chi connectivity index (χ4n) is 0.921. The van der Waals surface area contributed by atoms with E-state index in [0.29, 0.717) is 0 Å². The van der Waals surface area contributed by atoms with E-state index in [9.17, 15) is 13.2 Å². The normalized spacial score (nSPS) is 10.9. The van der Waals surface area contributed by atoms with Gasteiger partial charge in [0.1, 0.15) is 0 Å². The topological polar surface area (TPSA) is 101 Å². The van der Waals surface area contributed by atoms with Crippen molar-refractivity contribution in [2.45, 2.75) is 4.90 Å². The van der Waals surface area contributed by atoms with E-state index >= 15 is 0 Å². The number of amides is 2. The zero-order chi connectivity index (χ0) is 12.3. The Kier molecular flexibility index (Phi) is 3.61. The Labute approximate surface area is 97.8 Å². The minimum atomic E-state index is -3.91. The average Bonchev–Trinajstić information content (AvgIpc) is 2.21. The third kappa shape index (κ3) is 2.77. The van der Waals surface area contributed by atoms with Crippen molar-refractivity contribution < 1.29 is 13.2 Å². The highest BCUT2D eigenvalue weighted by Gasteiger charge is 2.17. The SMILES string of the molecule is CNC(=O)NS(=O)(=O)c1ccc(Cl)c(N)c1. The first kappa shape index (κ1) is 12.6. The molecule has 6 nitrogen and oxygen atoms in total. The van der Waals surface area contributed by atoms with Crippen LogP contribution in [0.4, 0.5) is 10.5 Å². The van der Waals surface area contributed by atoms with E-state index in [1.54, 1.807) is 4.72 Å². The number of rotatable bonds is 2. The fourth-order valence-corrected chi connectivity index (χ4v) is 2.03. The summed E-state index contributed by atoms with van der Waals surface area (Å²) in [6.07, 6.45) is 0. The molecule has 0 radical (unpaired) electrons. The van der Waals surface area contributed by atoms with Gasteiger partial charge in [-0.3, -0.25) is 0 Å². The maximum absolute atomic E-state index is 11.6. The molecule has 0 atom stereocenters. The number of halogens is 1. The summed E-state index contributed by atoms with van der Waals surface area (Å²) < 4.78 is 25.0. The lowest BCUT2D eigenvalue weighted by Crippen LogP contribution is -2.37. The van der Waals surface area contributed by atoms with Gasteiger partial charge in [0.25, 0.3) is 10.0 Å². The van der Waals surface area contributed by atoms with Gasteiger partial charge in [-0.1, -0.05) is 11.6 Å². The number of nitrogen functional groups attached to an aromatic ring is 1. The van der Waals surface area contributed by atoms with E-state index < -0.39 is 16.1 Å². The third-order valence-corrected chi connectivity index (χ3v) is 3.40. The quantitative estimate of drug-likeness (QED) is 0.678. The molecule has 0 aliphatic rings. The highest BCUT2D eigenvalue weighted by atomic mass is 35.5. The Morgan fingerprint density at radius 2 is 2.06 bits per heavy atom. The second kappa shape index (κ2) is 4.58. The number of urea groups is 1. The number of nitrogens with two attached hydrogens (primary N) is 1. The molecular weight excluding hydrogens is 254 g/mol. The van der Waals surface area contributed by atoms with E-state index in [1.807, 2.05) is 0 Å². The van der Waals surface area contributed by atoms with Crippen LogP contribution in [-0.4, -0.2) is 21.5 Å². The molecule has 0 unspecified atom stereocenters. The molecule has 16 heavy (non-hydrogen) atoms. The van der Waals surface area contributed by atoms with E-state index in [1.165, 1.54) is 25.2 Å². The zero-order valence-corrected chi connectivity index (χ0v) is 9.89. The van der Waals surface area contributed by atoms with Crippen LogP contribution in [0.2, 0.25) is 5.02 Å². The summed E-state index contributed by atoms with van der Waals surface area (Å²) in [6, 6.07) is 2.95. The van der Waals surface area contributed by atoms with Crippen LogP contribution in [0.25, 0.3) is 0 Å². The molecule has 1 aromatic rings. The van der Waals surface area contributed by atoms with E-state index in [-0.39, 0.29) is 15.6 Å². The summed E-state index contributed by atoms with van der Waals surface area (Å²) in [5.74, 6) is 0. The molecule has 0 aliphatic heterocycles. The van der Waals surface area contributed by atoms with Gasteiger partial charge in [-0.15, -0.1) is 0 Å². The second-order valence-corrected chi connectivity index (χ2v) is 4.96. The fraction of sp³-hybridized carbons (Fsp3) is 0.125. The predicted octanol–water partition coefficient (Wildman–Crippen LogP) is 0.540. The van der Waals surface area contributed by atoms with Crippen LogP contribution in [0.1, 0.15) is 0 Å². The molecular formula is C8H10ClN3O3S. The van der Waals surface area contributed by atoms with Crippen LogP contribution in [0.15, 0.2) is 23.1 Å². The van der Waals surface area contributed by atoms with Gasteiger partial charge >= 0.3 is 6.03 Å². The van der Waals surface area contributed by atoms with Crippen LogP contribution in [0.5, 0.6) is 0 Å². The van der Waals surface area contributed by atoms with Crippen LogP contribution >= 0.6 is 11.6 Å². The highest BCUT2D eigenvalue weighted by molar-refractivity contribution is 7.90. The number of hydrogen-bond donors (Lipinski definition) is 3. The first-order chi connectivity index (χ1) is 7.36. The molecule has 8 heteroatoms. The van der Waals surface area contributed by atoms with Crippen LogP contribution in [0.3, 0.4) is 0 Å². The van der Waals surface area contributed by atoms with E-state index in [2.05, 4.69) is 5.32 Å². The Hall–Kier alpha value is -1.47. The molecule has 0 aromatic heterocycles. The minimum Gasteiger partial charge on any atom is -0.397 e. The lowest BCUT2D eigenvalue weighted by Gasteiger charge is -2.07. The van der Waals surface area contributed by atoms with Gasteiger partial charge in [0.2, 0.25) is 0 Å². The van der Waals surface area contributed by atoms with E-state index in [0.717, 1.165) is 0 Å². The standard InChI is InChI=1S/C8H10ClN3O3S/c1-11-8(13)12-16(14,15)5-2-3-6(9)7(10)4-5/h2-4H,10H2,1H3,(H2,11,12,13). The molecule has 2 amide bonds. The summed E-state index contributed by atoms with van der Waals surface area (Å²) in [4.78, 5) is 10.8. The predicted molar refractivity (Wildman–Crippen MR) is 60.6 cm³/mol. The van der Waals surface area contributed by atoms with Crippen LogP contribution in [0, 0.1) is 0 Å². The number of carbonyl (C=O) groups is 1. The number of carbonyl (C=O) groups excluding carboxylic acids is 1. The molecule has 0 heterocycles. The van der Waals surface area contributed by atoms with Crippen molar-refractivity contribution in [3.8, 4) is 0 Å². The van der Waals surface area contributed by atoms with Crippen LogP contribution in [-0.2, 0) is 10.0 Å². The first-order valence-corrected chi connectivity index (χ1v) is 6.02. The van der Waals surface area contributed by atoms with E-state index in [4.69, 9.17) is 17.3 Å². The smallest absolute Gasteiger partial charge is 0.328 e. The molecule has 0 bridgehead atoms. The first-order valence-electron chi connectivity index (χ1n) is 4.16. The Morgan fingerprint density at radius 3 is 2.56 bits per heavy atom. The van der Waals surface area contributed by atoms with Crippen molar-refractivity contribution in [1.29, 1.82) is 0 Å². The van der Waals surface area contributed by atoms with Gasteiger partial charge in [-0.2, -0.15) is 0 Å². The van der Waals surface area contributed by atoms with Crippen LogP contribution < -0.4 is 15.8 Å². The van der Waals surface area contributed by atoms with Crippen molar-refractivity contribution in [3.05, 3.63) is 23.2 Å². The monoisotopic (exact) mass is 263 g/mol. The second-order valence-electron chi connectivity index (χ2n) is 2.87. The number of benzene rings is 1. The lowest BCUT2D eigenvalue weighted by molar-refractivity contribution is 0.248. The molecule has 88 valence electrons. The minimum absolute atomic E-state index is 0.126. The molecule has 1 rings (SSSR count). The van der Waals surface area contributed by atoms with Crippen molar-refractivity contribution >= 4 is 33.3 Å². The highest BCUT2D eigenvalue weighted by Crippen LogP contribution is 2.21. The van der Waals surface area contributed by atoms with Gasteiger partial charge < -0.3 is 11.1 Å². The summed E-state index contributed by atoms with van der Waals surface area (Å²) in [5, 5.41) is 2.38. The van der Waals surface area contributed by atoms with Crippen molar-refractivity contribution in [2.24, 2.45) is 0 Å². The molecule has 1 aromatic carbocycles. The summed E-state index contributed by atoms with van der Waals surface area (Å²) in [5.41, 5.74) is 5.58. The van der Waals surface area contributed by atoms with Gasteiger partial charge in [-0.05, 0) is 18.2 Å². The van der Waals surface area contributed by atoms with Crippen molar-refractivity contribution in [3.63, 3.8) is 0 Å². The maximum Gasteiger partial charge on any atom is 0.328 e.